The van der Waals surface area contributed by atoms with Crippen molar-refractivity contribution in [3.8, 4) is 11.4 Å². The van der Waals surface area contributed by atoms with Gasteiger partial charge < -0.3 is 19.4 Å². The van der Waals surface area contributed by atoms with Crippen molar-refractivity contribution in [2.24, 2.45) is 7.05 Å². The fourth-order valence-corrected chi connectivity index (χ4v) is 2.65. The van der Waals surface area contributed by atoms with Crippen molar-refractivity contribution >= 4 is 12.6 Å². The van der Waals surface area contributed by atoms with Gasteiger partial charge in [-0.3, -0.25) is 4.98 Å². The van der Waals surface area contributed by atoms with Crippen molar-refractivity contribution in [1.29, 1.82) is 0 Å². The first-order valence-electron chi connectivity index (χ1n) is 8.06. The normalized spacial score (nSPS) is 12.5. The Kier molecular flexibility index (Phi) is 5.89. The molecule has 142 valence electrons. The van der Waals surface area contributed by atoms with Crippen LogP contribution in [0.5, 0.6) is 0 Å². The lowest BCUT2D eigenvalue weighted by Gasteiger charge is -2.18. The number of aromatic nitrogens is 6. The van der Waals surface area contributed by atoms with E-state index in [4.69, 9.17) is 0 Å². The molecule has 0 bridgehead atoms. The van der Waals surface area contributed by atoms with Gasteiger partial charge in [-0.05, 0) is 12.5 Å². The highest BCUT2D eigenvalue weighted by atomic mass is 19.3. The van der Waals surface area contributed by atoms with E-state index >= 15 is 0 Å². The van der Waals surface area contributed by atoms with Gasteiger partial charge in [0.25, 0.3) is 0 Å². The number of imidazole rings is 1. The summed E-state index contributed by atoms with van der Waals surface area (Å²) in [5.74, 6) is 0. The van der Waals surface area contributed by atoms with Crippen molar-refractivity contribution in [3.63, 3.8) is 0 Å². The molecule has 1 atom stereocenters. The Bertz CT molecular complexity index is 871. The van der Waals surface area contributed by atoms with Crippen molar-refractivity contribution in [2.75, 3.05) is 6.61 Å². The Balaban J connectivity index is 1.87. The number of rotatable bonds is 8. The Hall–Kier alpha value is -2.70. The zero-order chi connectivity index (χ0) is 19.4. The maximum Gasteiger partial charge on any atom is 0.490 e. The minimum atomic E-state index is -2.86. The van der Waals surface area contributed by atoms with Gasteiger partial charge in [-0.15, -0.1) is 5.10 Å². The van der Waals surface area contributed by atoms with Crippen molar-refractivity contribution in [2.45, 2.75) is 19.1 Å². The van der Waals surface area contributed by atoms with Crippen LogP contribution in [0.2, 0.25) is 0 Å². The van der Waals surface area contributed by atoms with Crippen molar-refractivity contribution in [1.82, 2.24) is 29.5 Å². The van der Waals surface area contributed by atoms with E-state index in [-0.39, 0.29) is 18.5 Å². The molecule has 27 heavy (non-hydrogen) atoms. The molecule has 3 heterocycles. The van der Waals surface area contributed by atoms with E-state index in [9.17, 15) is 18.8 Å². The minimum Gasteiger partial charge on any atom is -0.423 e. The molecular weight excluding hydrogens is 361 g/mol. The smallest absolute Gasteiger partial charge is 0.423 e. The summed E-state index contributed by atoms with van der Waals surface area (Å²) in [6.45, 7) is -3.04. The number of hydrogen-bond donors (Lipinski definition) is 2. The van der Waals surface area contributed by atoms with Gasteiger partial charge in [-0.1, -0.05) is 11.3 Å². The maximum absolute atomic E-state index is 12.3. The van der Waals surface area contributed by atoms with Crippen LogP contribution in [0.25, 0.3) is 11.4 Å². The molecule has 9 nitrogen and oxygen atoms in total. The molecule has 1 unspecified atom stereocenters. The average Bonchev–Trinajstić information content (AvgIpc) is 3.27. The van der Waals surface area contributed by atoms with E-state index in [0.717, 1.165) is 0 Å². The molecule has 2 N–H and O–H groups in total. The van der Waals surface area contributed by atoms with Crippen LogP contribution in [-0.4, -0.2) is 59.9 Å². The molecule has 3 aromatic rings. The minimum absolute atomic E-state index is 0.185. The molecule has 0 aromatic carbocycles. The van der Waals surface area contributed by atoms with Crippen LogP contribution < -0.4 is 5.46 Å². The third-order valence-corrected chi connectivity index (χ3v) is 4.02. The molecule has 0 aliphatic rings. The molecule has 0 saturated carbocycles. The molecule has 0 aliphatic heterocycles. The first-order valence-corrected chi connectivity index (χ1v) is 8.06. The number of alkyl halides is 2. The van der Waals surface area contributed by atoms with Crippen molar-refractivity contribution in [3.05, 3.63) is 42.7 Å². The molecule has 3 rings (SSSR count). The van der Waals surface area contributed by atoms with Crippen molar-refractivity contribution < 1.29 is 23.6 Å². The predicted octanol–water partition coefficient (Wildman–Crippen LogP) is -0.0279. The molecule has 0 fully saturated rings. The van der Waals surface area contributed by atoms with E-state index in [0.29, 0.717) is 17.1 Å². The second-order valence-corrected chi connectivity index (χ2v) is 5.77. The summed E-state index contributed by atoms with van der Waals surface area (Å²) in [5, 5.41) is 26.0. The van der Waals surface area contributed by atoms with Gasteiger partial charge in [-0.2, -0.15) is 8.78 Å². The molecular formula is C15H17BF2N6O3. The second-order valence-electron chi connectivity index (χ2n) is 5.77. The van der Waals surface area contributed by atoms with E-state index in [2.05, 4.69) is 25.0 Å². The van der Waals surface area contributed by atoms with Gasteiger partial charge in [-0.25, -0.2) is 9.67 Å². The van der Waals surface area contributed by atoms with Crippen LogP contribution in [-0.2, 0) is 11.8 Å². The highest BCUT2D eigenvalue weighted by Crippen LogP contribution is 2.23. The number of nitrogens with zero attached hydrogens (tertiary/aromatic N) is 6. The second kappa shape index (κ2) is 8.33. The van der Waals surface area contributed by atoms with Gasteiger partial charge >= 0.3 is 13.7 Å². The average molecular weight is 378 g/mol. The van der Waals surface area contributed by atoms with Gasteiger partial charge in [0.1, 0.15) is 11.4 Å². The molecule has 0 spiro atoms. The number of halogens is 2. The Morgan fingerprint density at radius 2 is 2.04 bits per heavy atom. The zero-order valence-electron chi connectivity index (χ0n) is 14.4. The van der Waals surface area contributed by atoms with E-state index < -0.39 is 19.8 Å². The summed E-state index contributed by atoms with van der Waals surface area (Å²) >= 11 is 0. The predicted molar refractivity (Wildman–Crippen MR) is 91.0 cm³/mol. The topological polar surface area (TPSA) is 111 Å². The highest BCUT2D eigenvalue weighted by molar-refractivity contribution is 6.58. The Morgan fingerprint density at radius 1 is 1.22 bits per heavy atom. The van der Waals surface area contributed by atoms with E-state index in [1.54, 1.807) is 41.1 Å². The Morgan fingerprint density at radius 3 is 2.63 bits per heavy atom. The van der Waals surface area contributed by atoms with Gasteiger partial charge in [0.05, 0.1) is 30.9 Å². The number of aryl methyl sites for hydroxylation is 1. The summed E-state index contributed by atoms with van der Waals surface area (Å²) in [5.41, 5.74) is 2.09. The summed E-state index contributed by atoms with van der Waals surface area (Å²) < 4.78 is 32.3. The summed E-state index contributed by atoms with van der Waals surface area (Å²) in [6, 6.07) is 2.68. The Labute approximate surface area is 153 Å². The van der Waals surface area contributed by atoms with Crippen LogP contribution in [0, 0.1) is 0 Å². The largest absolute Gasteiger partial charge is 0.490 e. The zero-order valence-corrected chi connectivity index (χ0v) is 14.4. The molecule has 0 saturated heterocycles. The summed E-state index contributed by atoms with van der Waals surface area (Å²) in [7, 11) is 0.0971. The molecule has 0 aliphatic carbocycles. The van der Waals surface area contributed by atoms with Gasteiger partial charge in [0.15, 0.2) is 0 Å². The number of ether oxygens (including phenoxy) is 1. The number of pyridine rings is 1. The fourth-order valence-electron chi connectivity index (χ4n) is 2.65. The SMILES string of the molecule is Cn1nncc1-c1cn(C(CCOC(F)F)c2ccc(B(O)O)cn2)cn1. The van der Waals surface area contributed by atoms with Crippen LogP contribution >= 0.6 is 0 Å². The lowest BCUT2D eigenvalue weighted by Crippen LogP contribution is -2.30. The third-order valence-electron chi connectivity index (χ3n) is 4.02. The lowest BCUT2D eigenvalue weighted by atomic mass is 9.81. The highest BCUT2D eigenvalue weighted by Gasteiger charge is 2.19. The number of hydrogen-bond acceptors (Lipinski definition) is 7. The standard InChI is InChI=1S/C15H17BF2N6O3/c1-23-14(7-21-22-23)12-8-24(9-20-12)13(4-5-27-15(17)18)11-3-2-10(6-19-11)16(25)26/h2-3,6-9,13,15,25-26H,4-5H2,1H3. The molecule has 0 radical (unpaired) electrons. The lowest BCUT2D eigenvalue weighted by molar-refractivity contribution is -0.130. The van der Waals surface area contributed by atoms with Gasteiger partial charge in [0.2, 0.25) is 0 Å². The van der Waals surface area contributed by atoms with Crippen LogP contribution in [0.1, 0.15) is 18.2 Å². The molecule has 0 amide bonds. The summed E-state index contributed by atoms with van der Waals surface area (Å²) in [6.07, 6.45) is 6.41. The first-order chi connectivity index (χ1) is 13.0. The molecule has 3 aromatic heterocycles. The maximum atomic E-state index is 12.3. The monoisotopic (exact) mass is 378 g/mol. The first kappa shape index (κ1) is 19.1. The van der Waals surface area contributed by atoms with Gasteiger partial charge in [0, 0.05) is 24.9 Å². The van der Waals surface area contributed by atoms with E-state index in [1.807, 2.05) is 0 Å². The fraction of sp³-hybridized carbons (Fsp3) is 0.333. The molecule has 12 heteroatoms. The van der Waals surface area contributed by atoms with Crippen LogP contribution in [0.15, 0.2) is 37.1 Å². The summed E-state index contributed by atoms with van der Waals surface area (Å²) in [4.78, 5) is 8.54. The third kappa shape index (κ3) is 4.53. The van der Waals surface area contributed by atoms with Crippen LogP contribution in [0.3, 0.4) is 0 Å². The quantitative estimate of drug-likeness (QED) is 0.530. The van der Waals surface area contributed by atoms with E-state index in [1.165, 1.54) is 12.3 Å². The van der Waals surface area contributed by atoms with Crippen LogP contribution in [0.4, 0.5) is 8.78 Å².